The largest absolute Gasteiger partial charge is 0.479 e. The smallest absolute Gasteiger partial charge is 0.265 e. The van der Waals surface area contributed by atoms with E-state index in [-0.39, 0.29) is 12.5 Å². The molecule has 0 aromatic heterocycles. The second-order valence-electron chi connectivity index (χ2n) is 4.33. The van der Waals surface area contributed by atoms with Crippen molar-refractivity contribution in [1.82, 2.24) is 0 Å². The molecule has 0 fully saturated rings. The molecule has 1 aliphatic heterocycles. The third-order valence-corrected chi connectivity index (χ3v) is 2.98. The number of carbonyl (C=O) groups excluding carboxylic acids is 1. The molecule has 0 aliphatic carbocycles. The van der Waals surface area contributed by atoms with E-state index >= 15 is 0 Å². The van der Waals surface area contributed by atoms with Gasteiger partial charge in [0.2, 0.25) is 0 Å². The molecule has 98 valence electrons. The number of fused-ring (bicyclic) bond motifs is 1. The van der Waals surface area contributed by atoms with Gasteiger partial charge in [-0.05, 0) is 24.6 Å². The summed E-state index contributed by atoms with van der Waals surface area (Å²) in [5.41, 5.74) is 12.5. The van der Waals surface area contributed by atoms with Gasteiger partial charge in [0.15, 0.2) is 6.10 Å². The van der Waals surface area contributed by atoms with Crippen LogP contribution >= 0.6 is 0 Å². The summed E-state index contributed by atoms with van der Waals surface area (Å²) in [6.45, 7) is 1.76. The van der Waals surface area contributed by atoms with Gasteiger partial charge in [-0.15, -0.1) is 0 Å². The van der Waals surface area contributed by atoms with Crippen LogP contribution in [-0.2, 0) is 4.79 Å². The molecule has 3 unspecified atom stereocenters. The van der Waals surface area contributed by atoms with E-state index in [0.29, 0.717) is 17.0 Å². The van der Waals surface area contributed by atoms with E-state index in [2.05, 4.69) is 5.32 Å². The Labute approximate surface area is 105 Å². The van der Waals surface area contributed by atoms with E-state index in [1.54, 1.807) is 25.1 Å². The SMILES string of the molecule is CC1Oc2ccc(C(N)C(O)CN)cc2NC1=O. The number of nitrogens with two attached hydrogens (primary N) is 2. The molecule has 18 heavy (non-hydrogen) atoms. The van der Waals surface area contributed by atoms with E-state index in [1.165, 1.54) is 0 Å². The van der Waals surface area contributed by atoms with E-state index in [0.717, 1.165) is 0 Å². The van der Waals surface area contributed by atoms with Crippen LogP contribution in [-0.4, -0.2) is 29.8 Å². The van der Waals surface area contributed by atoms with Crippen molar-refractivity contribution in [1.29, 1.82) is 0 Å². The number of nitrogens with one attached hydrogen (secondary N) is 1. The number of hydrogen-bond donors (Lipinski definition) is 4. The average Bonchev–Trinajstić information content (AvgIpc) is 2.37. The average molecular weight is 251 g/mol. The second kappa shape index (κ2) is 4.93. The number of benzene rings is 1. The van der Waals surface area contributed by atoms with E-state index < -0.39 is 18.2 Å². The van der Waals surface area contributed by atoms with Gasteiger partial charge in [-0.3, -0.25) is 4.79 Å². The first-order valence-electron chi connectivity index (χ1n) is 5.78. The third-order valence-electron chi connectivity index (χ3n) is 2.98. The Kier molecular flexibility index (Phi) is 3.51. The molecule has 0 saturated heterocycles. The number of rotatable bonds is 3. The second-order valence-corrected chi connectivity index (χ2v) is 4.33. The molecule has 6 N–H and O–H groups in total. The van der Waals surface area contributed by atoms with Crippen molar-refractivity contribution in [3.63, 3.8) is 0 Å². The lowest BCUT2D eigenvalue weighted by Gasteiger charge is -2.25. The number of aliphatic hydroxyl groups is 1. The number of anilines is 1. The van der Waals surface area contributed by atoms with Gasteiger partial charge in [-0.2, -0.15) is 0 Å². The fourth-order valence-electron chi connectivity index (χ4n) is 1.80. The predicted octanol–water partition coefficient (Wildman–Crippen LogP) is -0.275. The summed E-state index contributed by atoms with van der Waals surface area (Å²) in [5, 5.41) is 12.3. The van der Waals surface area contributed by atoms with Crippen LogP contribution in [0.2, 0.25) is 0 Å². The first kappa shape index (κ1) is 12.8. The summed E-state index contributed by atoms with van der Waals surface area (Å²) in [6.07, 6.45) is -1.33. The van der Waals surface area contributed by atoms with Gasteiger partial charge in [0.1, 0.15) is 5.75 Å². The molecule has 6 heteroatoms. The summed E-state index contributed by atoms with van der Waals surface area (Å²) >= 11 is 0. The summed E-state index contributed by atoms with van der Waals surface area (Å²) in [4.78, 5) is 11.5. The molecule has 1 aromatic carbocycles. The van der Waals surface area contributed by atoms with Crippen LogP contribution in [0.1, 0.15) is 18.5 Å². The maximum absolute atomic E-state index is 11.5. The van der Waals surface area contributed by atoms with Gasteiger partial charge in [0, 0.05) is 6.54 Å². The minimum Gasteiger partial charge on any atom is -0.479 e. The molecular formula is C12H17N3O3. The number of ether oxygens (including phenoxy) is 1. The highest BCUT2D eigenvalue weighted by molar-refractivity contribution is 5.97. The highest BCUT2D eigenvalue weighted by atomic mass is 16.5. The fourth-order valence-corrected chi connectivity index (χ4v) is 1.80. The molecule has 1 aliphatic rings. The monoisotopic (exact) mass is 251 g/mol. The van der Waals surface area contributed by atoms with Crippen molar-refractivity contribution < 1.29 is 14.6 Å². The number of hydrogen-bond acceptors (Lipinski definition) is 5. The molecular weight excluding hydrogens is 234 g/mol. The Morgan fingerprint density at radius 2 is 2.28 bits per heavy atom. The Morgan fingerprint density at radius 3 is 2.94 bits per heavy atom. The zero-order chi connectivity index (χ0) is 13.3. The topological polar surface area (TPSA) is 111 Å². The van der Waals surface area contributed by atoms with Crippen molar-refractivity contribution in [3.8, 4) is 5.75 Å². The van der Waals surface area contributed by atoms with Crippen LogP contribution in [0.3, 0.4) is 0 Å². The van der Waals surface area contributed by atoms with Gasteiger partial charge >= 0.3 is 0 Å². The Morgan fingerprint density at radius 1 is 1.56 bits per heavy atom. The van der Waals surface area contributed by atoms with Crippen LogP contribution in [0.15, 0.2) is 18.2 Å². The zero-order valence-corrected chi connectivity index (χ0v) is 10.1. The number of aliphatic hydroxyl groups excluding tert-OH is 1. The van der Waals surface area contributed by atoms with Gasteiger partial charge in [-0.1, -0.05) is 6.07 Å². The van der Waals surface area contributed by atoms with Gasteiger partial charge < -0.3 is 26.6 Å². The lowest BCUT2D eigenvalue weighted by Crippen LogP contribution is -2.35. The minimum absolute atomic E-state index is 0.0815. The lowest BCUT2D eigenvalue weighted by atomic mass is 10.0. The Balaban J connectivity index is 2.27. The van der Waals surface area contributed by atoms with Gasteiger partial charge in [-0.25, -0.2) is 0 Å². The molecule has 1 aromatic rings. The van der Waals surface area contributed by atoms with Gasteiger partial charge in [0.05, 0.1) is 17.8 Å². The highest BCUT2D eigenvalue weighted by Gasteiger charge is 2.25. The maximum Gasteiger partial charge on any atom is 0.265 e. The van der Waals surface area contributed by atoms with E-state index in [4.69, 9.17) is 16.2 Å². The van der Waals surface area contributed by atoms with Crippen LogP contribution in [0, 0.1) is 0 Å². The maximum atomic E-state index is 11.5. The van der Waals surface area contributed by atoms with E-state index in [1.807, 2.05) is 0 Å². The predicted molar refractivity (Wildman–Crippen MR) is 67.2 cm³/mol. The Hall–Kier alpha value is -1.63. The van der Waals surface area contributed by atoms with Crippen molar-refractivity contribution in [2.45, 2.75) is 25.2 Å². The zero-order valence-electron chi connectivity index (χ0n) is 10.1. The molecule has 0 spiro atoms. The summed E-state index contributed by atoms with van der Waals surface area (Å²) < 4.78 is 5.43. The van der Waals surface area contributed by atoms with Crippen LogP contribution < -0.4 is 21.5 Å². The third kappa shape index (κ3) is 2.31. The fraction of sp³-hybridized carbons (Fsp3) is 0.417. The first-order chi connectivity index (χ1) is 8.52. The molecule has 1 heterocycles. The number of amides is 1. The van der Waals surface area contributed by atoms with Crippen molar-refractivity contribution in [3.05, 3.63) is 23.8 Å². The summed E-state index contributed by atoms with van der Waals surface area (Å²) in [6, 6.07) is 4.59. The van der Waals surface area contributed by atoms with Crippen molar-refractivity contribution in [2.24, 2.45) is 11.5 Å². The summed E-state index contributed by atoms with van der Waals surface area (Å²) in [5.74, 6) is 0.396. The molecule has 2 rings (SSSR count). The van der Waals surface area contributed by atoms with E-state index in [9.17, 15) is 9.90 Å². The Bertz CT molecular complexity index is 464. The molecule has 1 amide bonds. The molecule has 0 saturated carbocycles. The van der Waals surface area contributed by atoms with Crippen LogP contribution in [0.25, 0.3) is 0 Å². The normalized spacial score (nSPS) is 21.6. The van der Waals surface area contributed by atoms with Crippen LogP contribution in [0.4, 0.5) is 5.69 Å². The lowest BCUT2D eigenvalue weighted by molar-refractivity contribution is -0.122. The quantitative estimate of drug-likeness (QED) is 0.591. The number of carbonyl (C=O) groups is 1. The van der Waals surface area contributed by atoms with Gasteiger partial charge in [0.25, 0.3) is 5.91 Å². The minimum atomic E-state index is -0.817. The van der Waals surface area contributed by atoms with Crippen molar-refractivity contribution >= 4 is 11.6 Å². The highest BCUT2D eigenvalue weighted by Crippen LogP contribution is 2.32. The molecule has 0 bridgehead atoms. The molecule has 6 nitrogen and oxygen atoms in total. The standard InChI is InChI=1S/C12H17N3O3/c1-6-12(17)15-8-4-7(2-3-10(8)18-6)11(14)9(16)5-13/h2-4,6,9,11,16H,5,13-14H2,1H3,(H,15,17). The first-order valence-corrected chi connectivity index (χ1v) is 5.78. The van der Waals surface area contributed by atoms with Crippen molar-refractivity contribution in [2.75, 3.05) is 11.9 Å². The molecule has 3 atom stereocenters. The molecule has 0 radical (unpaired) electrons. The summed E-state index contributed by atoms with van der Waals surface area (Å²) in [7, 11) is 0. The van der Waals surface area contributed by atoms with Crippen LogP contribution in [0.5, 0.6) is 5.75 Å².